The molecule has 0 aromatic heterocycles. The molecule has 0 aliphatic rings. The van der Waals surface area contributed by atoms with Crippen LogP contribution >= 0.6 is 0 Å². The predicted molar refractivity (Wildman–Crippen MR) is 122 cm³/mol. The summed E-state index contributed by atoms with van der Waals surface area (Å²) in [6.45, 7) is 21.6. The van der Waals surface area contributed by atoms with Crippen molar-refractivity contribution in [1.82, 2.24) is 0 Å². The molecule has 5 heteroatoms. The quantitative estimate of drug-likeness (QED) is 0.176. The lowest BCUT2D eigenvalue weighted by atomic mass is 10.1. The van der Waals surface area contributed by atoms with Crippen molar-refractivity contribution in [2.45, 2.75) is 93.5 Å². The van der Waals surface area contributed by atoms with E-state index in [4.69, 9.17) is 18.0 Å². The summed E-state index contributed by atoms with van der Waals surface area (Å²) in [6, 6.07) is 0.850. The first-order valence-corrected chi connectivity index (χ1v) is 13.6. The second kappa shape index (κ2) is 16.8. The first kappa shape index (κ1) is 28.1. The Labute approximate surface area is 177 Å². The summed E-state index contributed by atoms with van der Waals surface area (Å²) >= 11 is 0. The normalized spacial score (nSPS) is 12.9. The first-order valence-electron chi connectivity index (χ1n) is 11.7. The van der Waals surface area contributed by atoms with Crippen LogP contribution in [0.15, 0.2) is 0 Å². The van der Waals surface area contributed by atoms with Crippen molar-refractivity contribution in [1.29, 1.82) is 0 Å². The molecule has 0 spiro atoms. The Bertz CT molecular complexity index is 309. The molecule has 0 aromatic rings. The average Bonchev–Trinajstić information content (AvgIpc) is 2.56. The van der Waals surface area contributed by atoms with E-state index in [1.807, 2.05) is 0 Å². The fourth-order valence-corrected chi connectivity index (χ4v) is 5.05. The van der Waals surface area contributed by atoms with E-state index >= 15 is 0 Å². The van der Waals surface area contributed by atoms with Gasteiger partial charge in [-0.1, -0.05) is 55.4 Å². The Morgan fingerprint density at radius 1 is 0.500 bits per heavy atom. The second-order valence-electron chi connectivity index (χ2n) is 9.67. The molecule has 0 unspecified atom stereocenters. The molecule has 0 amide bonds. The third kappa shape index (κ3) is 17.0. The molecule has 28 heavy (non-hydrogen) atoms. The van der Waals surface area contributed by atoms with Crippen LogP contribution in [0.4, 0.5) is 0 Å². The highest BCUT2D eigenvalue weighted by molar-refractivity contribution is 6.60. The van der Waals surface area contributed by atoms with Gasteiger partial charge in [0.15, 0.2) is 0 Å². The Balaban J connectivity index is 4.76. The van der Waals surface area contributed by atoms with Crippen molar-refractivity contribution in [3.05, 3.63) is 0 Å². The highest BCUT2D eigenvalue weighted by atomic mass is 28.4. The maximum absolute atomic E-state index is 6.39. The van der Waals surface area contributed by atoms with Crippen LogP contribution in [0, 0.1) is 23.7 Å². The van der Waals surface area contributed by atoms with E-state index in [1.54, 1.807) is 0 Å². The maximum atomic E-state index is 6.39. The molecule has 0 fully saturated rings. The topological polar surface area (TPSA) is 36.9 Å². The van der Waals surface area contributed by atoms with Crippen LogP contribution < -0.4 is 0 Å². The first-order chi connectivity index (χ1) is 13.2. The highest BCUT2D eigenvalue weighted by Crippen LogP contribution is 2.22. The summed E-state index contributed by atoms with van der Waals surface area (Å²) < 4.78 is 25.0. The van der Waals surface area contributed by atoms with E-state index in [9.17, 15) is 0 Å². The molecule has 0 radical (unpaired) electrons. The van der Waals surface area contributed by atoms with Crippen molar-refractivity contribution in [2.75, 3.05) is 33.0 Å². The molecule has 0 bridgehead atoms. The molecule has 0 rings (SSSR count). The number of rotatable bonds is 19. The number of ether oxygens (including phenoxy) is 1. The molecule has 0 saturated heterocycles. The Hall–Kier alpha value is 0.0569. The van der Waals surface area contributed by atoms with Crippen LogP contribution in [0.1, 0.15) is 87.5 Å². The Kier molecular flexibility index (Phi) is 16.8. The standard InChI is InChI=1S/C23H50O4Si/c1-20(2)10-15-24-14-9-19-28(25-16-11-21(3)4,26-17-12-22(5)6)27-18-13-23(7)8/h20-23H,9-19H2,1-8H3. The summed E-state index contributed by atoms with van der Waals surface area (Å²) in [5.41, 5.74) is 0. The van der Waals surface area contributed by atoms with Gasteiger partial charge in [0, 0.05) is 39.1 Å². The molecule has 0 aromatic carbocycles. The largest absolute Gasteiger partial charge is 0.501 e. The van der Waals surface area contributed by atoms with Crippen molar-refractivity contribution < 1.29 is 18.0 Å². The lowest BCUT2D eigenvalue weighted by Gasteiger charge is -2.31. The second-order valence-corrected chi connectivity index (χ2v) is 12.4. The fraction of sp³-hybridized carbons (Fsp3) is 1.00. The molecule has 0 N–H and O–H groups in total. The van der Waals surface area contributed by atoms with Crippen molar-refractivity contribution >= 4 is 8.80 Å². The predicted octanol–water partition coefficient (Wildman–Crippen LogP) is 6.57. The summed E-state index contributed by atoms with van der Waals surface area (Å²) in [5, 5.41) is 0. The zero-order valence-electron chi connectivity index (χ0n) is 20.2. The smallest absolute Gasteiger partial charge is 0.381 e. The molecule has 0 aliphatic carbocycles. The number of hydrogen-bond donors (Lipinski definition) is 0. The molecular formula is C23H50O4Si. The van der Waals surface area contributed by atoms with Crippen molar-refractivity contribution in [3.63, 3.8) is 0 Å². The molecule has 0 aliphatic heterocycles. The molecule has 4 nitrogen and oxygen atoms in total. The minimum Gasteiger partial charge on any atom is -0.381 e. The van der Waals surface area contributed by atoms with Crippen molar-refractivity contribution in [2.24, 2.45) is 23.7 Å². The summed E-state index contributed by atoms with van der Waals surface area (Å²) in [5.74, 6) is 2.55. The minimum atomic E-state index is -2.66. The van der Waals surface area contributed by atoms with E-state index in [-0.39, 0.29) is 0 Å². The van der Waals surface area contributed by atoms with Crippen LogP contribution in [-0.2, 0) is 18.0 Å². The zero-order valence-corrected chi connectivity index (χ0v) is 21.2. The maximum Gasteiger partial charge on any atom is 0.501 e. The summed E-state index contributed by atoms with van der Waals surface area (Å²) in [7, 11) is -2.66. The lowest BCUT2D eigenvalue weighted by Crippen LogP contribution is -2.47. The van der Waals surface area contributed by atoms with Crippen LogP contribution in [0.5, 0.6) is 0 Å². The monoisotopic (exact) mass is 418 g/mol. The third-order valence-electron chi connectivity index (χ3n) is 4.66. The van der Waals surface area contributed by atoms with Gasteiger partial charge in [-0.2, -0.15) is 0 Å². The SMILES string of the molecule is CC(C)CCOCCC[Si](OCCC(C)C)(OCCC(C)C)OCCC(C)C. The average molecular weight is 419 g/mol. The van der Waals surface area contributed by atoms with E-state index in [0.717, 1.165) is 71.2 Å². The lowest BCUT2D eigenvalue weighted by molar-refractivity contribution is 0.0461. The minimum absolute atomic E-state index is 0.623. The van der Waals surface area contributed by atoms with Gasteiger partial charge >= 0.3 is 8.80 Å². The third-order valence-corrected chi connectivity index (χ3v) is 7.56. The van der Waals surface area contributed by atoms with Crippen LogP contribution in [0.2, 0.25) is 6.04 Å². The van der Waals surface area contributed by atoms with Gasteiger partial charge < -0.3 is 18.0 Å². The van der Waals surface area contributed by atoms with E-state index in [1.165, 1.54) is 0 Å². The van der Waals surface area contributed by atoms with E-state index in [0.29, 0.717) is 23.7 Å². The number of hydrogen-bond acceptors (Lipinski definition) is 4. The van der Waals surface area contributed by atoms with Gasteiger partial charge in [-0.3, -0.25) is 0 Å². The van der Waals surface area contributed by atoms with Crippen LogP contribution in [0.3, 0.4) is 0 Å². The summed E-state index contributed by atoms with van der Waals surface area (Å²) in [6.07, 6.45) is 5.18. The van der Waals surface area contributed by atoms with Gasteiger partial charge in [0.05, 0.1) is 0 Å². The summed E-state index contributed by atoms with van der Waals surface area (Å²) in [4.78, 5) is 0. The van der Waals surface area contributed by atoms with Crippen molar-refractivity contribution in [3.8, 4) is 0 Å². The van der Waals surface area contributed by atoms with Crippen LogP contribution in [0.25, 0.3) is 0 Å². The molecule has 170 valence electrons. The fourth-order valence-electron chi connectivity index (χ4n) is 2.50. The molecular weight excluding hydrogens is 368 g/mol. The molecule has 0 heterocycles. The van der Waals surface area contributed by atoms with Gasteiger partial charge in [0.2, 0.25) is 0 Å². The van der Waals surface area contributed by atoms with Crippen LogP contribution in [-0.4, -0.2) is 41.8 Å². The van der Waals surface area contributed by atoms with Gasteiger partial charge in [0.1, 0.15) is 0 Å². The van der Waals surface area contributed by atoms with Gasteiger partial charge in [-0.05, 0) is 55.8 Å². The van der Waals surface area contributed by atoms with E-state index < -0.39 is 8.80 Å². The zero-order chi connectivity index (χ0) is 21.4. The van der Waals surface area contributed by atoms with Gasteiger partial charge in [0.25, 0.3) is 0 Å². The molecule has 0 atom stereocenters. The van der Waals surface area contributed by atoms with Gasteiger partial charge in [-0.15, -0.1) is 0 Å². The Morgan fingerprint density at radius 2 is 0.857 bits per heavy atom. The van der Waals surface area contributed by atoms with E-state index in [2.05, 4.69) is 55.4 Å². The Morgan fingerprint density at radius 3 is 1.21 bits per heavy atom. The highest BCUT2D eigenvalue weighted by Gasteiger charge is 2.40. The van der Waals surface area contributed by atoms with Gasteiger partial charge in [-0.25, -0.2) is 0 Å². The molecule has 0 saturated carbocycles.